The van der Waals surface area contributed by atoms with Crippen LogP contribution in [0, 0.1) is 13.8 Å². The monoisotopic (exact) mass is 422 g/mol. The van der Waals surface area contributed by atoms with Crippen molar-refractivity contribution < 1.29 is 0 Å². The number of hydrogen-bond donors (Lipinski definition) is 0. The van der Waals surface area contributed by atoms with Gasteiger partial charge in [-0.05, 0) is 94.7 Å². The van der Waals surface area contributed by atoms with Crippen LogP contribution >= 0.6 is 0 Å². The van der Waals surface area contributed by atoms with Gasteiger partial charge in [-0.3, -0.25) is 0 Å². The third-order valence-electron chi connectivity index (χ3n) is 7.04. The molecule has 0 aliphatic heterocycles. The van der Waals surface area contributed by atoms with Crippen LogP contribution in [0.4, 0.5) is 11.4 Å². The second-order valence-corrected chi connectivity index (χ2v) is 8.79. The number of rotatable bonds is 13. The summed E-state index contributed by atoms with van der Waals surface area (Å²) in [5.41, 5.74) is 8.82. The summed E-state index contributed by atoms with van der Waals surface area (Å²) in [6.45, 7) is 20.2. The summed E-state index contributed by atoms with van der Waals surface area (Å²) in [6, 6.07) is 13.9. The highest BCUT2D eigenvalue weighted by Crippen LogP contribution is 2.35. The van der Waals surface area contributed by atoms with Crippen molar-refractivity contribution >= 4 is 11.4 Å². The number of hydrogen-bond acceptors (Lipinski definition) is 2. The second-order valence-electron chi connectivity index (χ2n) is 8.79. The van der Waals surface area contributed by atoms with E-state index in [1.54, 1.807) is 5.56 Å². The Balaban J connectivity index is 2.43. The Kier molecular flexibility index (Phi) is 10.4. The fourth-order valence-electron chi connectivity index (χ4n) is 5.06. The lowest BCUT2D eigenvalue weighted by atomic mass is 9.83. The average molecular weight is 423 g/mol. The van der Waals surface area contributed by atoms with E-state index in [0.29, 0.717) is 5.92 Å². The molecule has 0 heterocycles. The largest absolute Gasteiger partial charge is 0.372 e. The molecule has 2 heteroatoms. The van der Waals surface area contributed by atoms with E-state index in [1.165, 1.54) is 53.7 Å². The molecule has 0 fully saturated rings. The average Bonchev–Trinajstić information content (AvgIpc) is 2.78. The molecule has 172 valence electrons. The molecule has 0 N–H and O–H groups in total. The Hall–Kier alpha value is -1.96. The van der Waals surface area contributed by atoms with Crippen LogP contribution in [-0.2, 0) is 6.42 Å². The molecular weight excluding hydrogens is 376 g/mol. The molecule has 0 saturated heterocycles. The van der Waals surface area contributed by atoms with Crippen LogP contribution in [0.25, 0.3) is 0 Å². The van der Waals surface area contributed by atoms with Crippen molar-refractivity contribution in [2.24, 2.45) is 0 Å². The minimum Gasteiger partial charge on any atom is -0.372 e. The third-order valence-corrected chi connectivity index (χ3v) is 7.04. The molecule has 2 aromatic rings. The van der Waals surface area contributed by atoms with Gasteiger partial charge in [-0.1, -0.05) is 50.5 Å². The maximum Gasteiger partial charge on any atom is 0.0398 e. The van der Waals surface area contributed by atoms with Crippen LogP contribution in [0.3, 0.4) is 0 Å². The van der Waals surface area contributed by atoms with Crippen LogP contribution in [-0.4, -0.2) is 26.2 Å². The molecule has 2 rings (SSSR count). The van der Waals surface area contributed by atoms with Crippen molar-refractivity contribution in [3.63, 3.8) is 0 Å². The van der Waals surface area contributed by atoms with E-state index in [-0.39, 0.29) is 0 Å². The van der Waals surface area contributed by atoms with Gasteiger partial charge in [-0.2, -0.15) is 0 Å². The highest BCUT2D eigenvalue weighted by atomic mass is 15.1. The number of anilines is 2. The zero-order valence-corrected chi connectivity index (χ0v) is 21.3. The first-order chi connectivity index (χ1) is 15.0. The maximum atomic E-state index is 2.49. The fraction of sp³-hybridized carbons (Fsp3) is 0.586. The molecule has 0 aliphatic carbocycles. The first-order valence-corrected chi connectivity index (χ1v) is 12.7. The first kappa shape index (κ1) is 25.3. The van der Waals surface area contributed by atoms with Gasteiger partial charge in [0.2, 0.25) is 0 Å². The van der Waals surface area contributed by atoms with Gasteiger partial charge in [0.1, 0.15) is 0 Å². The minimum atomic E-state index is 0.577. The summed E-state index contributed by atoms with van der Waals surface area (Å²) in [6.07, 6.45) is 6.31. The molecule has 0 bridgehead atoms. The van der Waals surface area contributed by atoms with Gasteiger partial charge >= 0.3 is 0 Å². The van der Waals surface area contributed by atoms with E-state index < -0.39 is 0 Å². The highest BCUT2D eigenvalue weighted by Gasteiger charge is 2.19. The lowest BCUT2D eigenvalue weighted by Gasteiger charge is -2.28. The van der Waals surface area contributed by atoms with E-state index in [1.807, 2.05) is 0 Å². The van der Waals surface area contributed by atoms with Gasteiger partial charge in [0.15, 0.2) is 0 Å². The summed E-state index contributed by atoms with van der Waals surface area (Å²) >= 11 is 0. The van der Waals surface area contributed by atoms with Crippen LogP contribution in [0.2, 0.25) is 0 Å². The smallest absolute Gasteiger partial charge is 0.0398 e. The Bertz CT molecular complexity index is 787. The van der Waals surface area contributed by atoms with Crippen LogP contribution in [0.15, 0.2) is 36.4 Å². The number of nitrogens with zero attached hydrogens (tertiary/aromatic N) is 2. The van der Waals surface area contributed by atoms with E-state index in [2.05, 4.69) is 94.7 Å². The van der Waals surface area contributed by atoms with E-state index in [4.69, 9.17) is 0 Å². The van der Waals surface area contributed by atoms with Crippen molar-refractivity contribution in [3.05, 3.63) is 58.7 Å². The molecule has 0 aromatic heterocycles. The molecule has 0 spiro atoms. The van der Waals surface area contributed by atoms with Crippen molar-refractivity contribution in [2.75, 3.05) is 36.0 Å². The van der Waals surface area contributed by atoms with Crippen molar-refractivity contribution in [3.8, 4) is 0 Å². The van der Waals surface area contributed by atoms with Crippen molar-refractivity contribution in [2.45, 2.75) is 86.5 Å². The topological polar surface area (TPSA) is 6.48 Å². The molecule has 31 heavy (non-hydrogen) atoms. The van der Waals surface area contributed by atoms with Crippen LogP contribution < -0.4 is 9.80 Å². The third kappa shape index (κ3) is 6.28. The Morgan fingerprint density at radius 1 is 0.677 bits per heavy atom. The van der Waals surface area contributed by atoms with E-state index >= 15 is 0 Å². The number of unbranched alkanes of at least 4 members (excludes halogenated alkanes) is 2. The minimum absolute atomic E-state index is 0.577. The maximum absolute atomic E-state index is 2.49. The van der Waals surface area contributed by atoms with Crippen LogP contribution in [0.1, 0.15) is 88.5 Å². The fourth-order valence-corrected chi connectivity index (χ4v) is 5.06. The molecule has 1 unspecified atom stereocenters. The predicted molar refractivity (Wildman–Crippen MR) is 140 cm³/mol. The lowest BCUT2D eigenvalue weighted by Crippen LogP contribution is -2.23. The molecule has 1 atom stereocenters. The van der Waals surface area contributed by atoms with E-state index in [0.717, 1.165) is 32.6 Å². The number of benzene rings is 2. The van der Waals surface area contributed by atoms with Gasteiger partial charge in [0.05, 0.1) is 0 Å². The lowest BCUT2D eigenvalue weighted by molar-refractivity contribution is 0.560. The summed E-state index contributed by atoms with van der Waals surface area (Å²) in [7, 11) is 0. The summed E-state index contributed by atoms with van der Waals surface area (Å²) < 4.78 is 0. The van der Waals surface area contributed by atoms with Crippen molar-refractivity contribution in [1.29, 1.82) is 0 Å². The van der Waals surface area contributed by atoms with Crippen LogP contribution in [0.5, 0.6) is 0 Å². The standard InChI is InChI=1S/C29H46N2/c1-8-13-14-17-26(27-19-16-21-29(24(27)7)31(11-4)12-5)22-25-18-15-20-28(23(25)6)30(9-2)10-3/h15-16,18-21,26H,8-14,17,22H2,1-7H3. The van der Waals surface area contributed by atoms with E-state index in [9.17, 15) is 0 Å². The predicted octanol–water partition coefficient (Wildman–Crippen LogP) is 7.90. The summed E-state index contributed by atoms with van der Waals surface area (Å²) in [5, 5.41) is 0. The van der Waals surface area contributed by atoms with Gasteiger partial charge in [-0.25, -0.2) is 0 Å². The normalized spacial score (nSPS) is 12.1. The molecular formula is C29H46N2. The first-order valence-electron chi connectivity index (χ1n) is 12.7. The zero-order chi connectivity index (χ0) is 22.8. The molecule has 0 saturated carbocycles. The SMILES string of the molecule is CCCCCC(Cc1cccc(N(CC)CC)c1C)c1cccc(N(CC)CC)c1C. The van der Waals surface area contributed by atoms with Gasteiger partial charge in [0, 0.05) is 37.6 Å². The Morgan fingerprint density at radius 3 is 1.77 bits per heavy atom. The van der Waals surface area contributed by atoms with Crippen molar-refractivity contribution in [1.82, 2.24) is 0 Å². The Morgan fingerprint density at radius 2 is 1.23 bits per heavy atom. The molecule has 0 radical (unpaired) electrons. The second kappa shape index (κ2) is 12.8. The Labute approximate surface area is 192 Å². The van der Waals surface area contributed by atoms with Gasteiger partial charge < -0.3 is 9.80 Å². The van der Waals surface area contributed by atoms with Gasteiger partial charge in [-0.15, -0.1) is 0 Å². The zero-order valence-electron chi connectivity index (χ0n) is 21.3. The highest BCUT2D eigenvalue weighted by molar-refractivity contribution is 5.58. The molecule has 0 aliphatic rings. The molecule has 2 nitrogen and oxygen atoms in total. The molecule has 0 amide bonds. The van der Waals surface area contributed by atoms with Gasteiger partial charge in [0.25, 0.3) is 0 Å². The quantitative estimate of drug-likeness (QED) is 0.303. The summed E-state index contributed by atoms with van der Waals surface area (Å²) in [4.78, 5) is 4.98. The molecule has 2 aromatic carbocycles. The summed E-state index contributed by atoms with van der Waals surface area (Å²) in [5.74, 6) is 0.577.